The van der Waals surface area contributed by atoms with E-state index in [2.05, 4.69) is 26.4 Å². The standard InChI is InChI=1S/C18H22BrN3O4S/c1-11-4-5-15(10-16(11)19)20-18(23)14-6-8-22(9-7-14)27(24,25)17-12(2)21-26-13(17)3/h4-5,10,14H,6-9H2,1-3H3,(H,20,23). The van der Waals surface area contributed by atoms with Gasteiger partial charge in [-0.25, -0.2) is 8.42 Å². The summed E-state index contributed by atoms with van der Waals surface area (Å²) in [5, 5.41) is 6.65. The fourth-order valence-electron chi connectivity index (χ4n) is 3.25. The van der Waals surface area contributed by atoms with Gasteiger partial charge in [0.05, 0.1) is 0 Å². The molecule has 146 valence electrons. The molecule has 0 unspecified atom stereocenters. The lowest BCUT2D eigenvalue weighted by Crippen LogP contribution is -2.41. The van der Waals surface area contributed by atoms with Crippen molar-refractivity contribution in [2.24, 2.45) is 5.92 Å². The van der Waals surface area contributed by atoms with Gasteiger partial charge in [0.2, 0.25) is 15.9 Å². The number of benzene rings is 1. The second-order valence-electron chi connectivity index (χ2n) is 6.78. The van der Waals surface area contributed by atoms with E-state index in [1.54, 1.807) is 13.8 Å². The van der Waals surface area contributed by atoms with E-state index in [0.29, 0.717) is 31.6 Å². The summed E-state index contributed by atoms with van der Waals surface area (Å²) in [6, 6.07) is 5.65. The molecule has 0 saturated carbocycles. The topological polar surface area (TPSA) is 92.5 Å². The maximum absolute atomic E-state index is 12.8. The third-order valence-corrected chi connectivity index (χ3v) is 7.83. The number of sulfonamides is 1. The fraction of sp³-hybridized carbons (Fsp3) is 0.444. The second kappa shape index (κ2) is 7.73. The summed E-state index contributed by atoms with van der Waals surface area (Å²) in [5.41, 5.74) is 2.17. The Balaban J connectivity index is 1.64. The van der Waals surface area contributed by atoms with E-state index in [1.165, 1.54) is 4.31 Å². The van der Waals surface area contributed by atoms with Crippen LogP contribution >= 0.6 is 15.9 Å². The molecule has 1 N–H and O–H groups in total. The number of nitrogens with one attached hydrogen (secondary N) is 1. The van der Waals surface area contributed by atoms with Crippen molar-refractivity contribution < 1.29 is 17.7 Å². The van der Waals surface area contributed by atoms with Crippen LogP contribution < -0.4 is 5.32 Å². The first-order valence-electron chi connectivity index (χ1n) is 8.70. The average molecular weight is 456 g/mol. The number of carbonyl (C=O) groups excluding carboxylic acids is 1. The third-order valence-electron chi connectivity index (χ3n) is 4.83. The molecule has 27 heavy (non-hydrogen) atoms. The second-order valence-corrected chi connectivity index (χ2v) is 9.51. The van der Waals surface area contributed by atoms with Crippen LogP contribution in [0, 0.1) is 26.7 Å². The molecule has 0 atom stereocenters. The average Bonchev–Trinajstić information content (AvgIpc) is 2.97. The van der Waals surface area contributed by atoms with Crippen molar-refractivity contribution in [1.82, 2.24) is 9.46 Å². The summed E-state index contributed by atoms with van der Waals surface area (Å²) in [7, 11) is -3.66. The monoisotopic (exact) mass is 455 g/mol. The predicted octanol–water partition coefficient (Wildman–Crippen LogP) is 3.40. The first-order valence-corrected chi connectivity index (χ1v) is 10.9. The van der Waals surface area contributed by atoms with Gasteiger partial charge in [-0.05, 0) is 51.3 Å². The lowest BCUT2D eigenvalue weighted by Gasteiger charge is -2.30. The molecular formula is C18H22BrN3O4S. The lowest BCUT2D eigenvalue weighted by molar-refractivity contribution is -0.120. The minimum atomic E-state index is -3.66. The molecule has 9 heteroatoms. The van der Waals surface area contributed by atoms with Gasteiger partial charge in [0.15, 0.2) is 5.76 Å². The number of anilines is 1. The number of halogens is 1. The smallest absolute Gasteiger partial charge is 0.248 e. The predicted molar refractivity (Wildman–Crippen MR) is 105 cm³/mol. The van der Waals surface area contributed by atoms with Gasteiger partial charge in [-0.2, -0.15) is 4.31 Å². The molecule has 1 aromatic carbocycles. The Bertz CT molecular complexity index is 943. The summed E-state index contributed by atoms with van der Waals surface area (Å²) in [4.78, 5) is 12.7. The van der Waals surface area contributed by atoms with Crippen molar-refractivity contribution in [2.75, 3.05) is 18.4 Å². The summed E-state index contributed by atoms with van der Waals surface area (Å²) in [5.74, 6) is -0.0151. The Hall–Kier alpha value is -1.71. The van der Waals surface area contributed by atoms with Crippen molar-refractivity contribution in [2.45, 2.75) is 38.5 Å². The van der Waals surface area contributed by atoms with Gasteiger partial charge in [-0.1, -0.05) is 27.2 Å². The van der Waals surface area contributed by atoms with E-state index in [4.69, 9.17) is 4.52 Å². The molecule has 1 aliphatic heterocycles. The number of aromatic nitrogens is 1. The molecule has 2 aromatic rings. The highest BCUT2D eigenvalue weighted by Gasteiger charge is 2.35. The van der Waals surface area contributed by atoms with E-state index in [1.807, 2.05) is 25.1 Å². The van der Waals surface area contributed by atoms with Gasteiger partial charge in [-0.15, -0.1) is 0 Å². The van der Waals surface area contributed by atoms with E-state index in [0.717, 1.165) is 15.7 Å². The molecule has 0 radical (unpaired) electrons. The molecule has 0 aliphatic carbocycles. The van der Waals surface area contributed by atoms with Gasteiger partial charge in [0, 0.05) is 29.2 Å². The van der Waals surface area contributed by atoms with Crippen LogP contribution in [-0.2, 0) is 14.8 Å². The number of carbonyl (C=O) groups is 1. The Morgan fingerprint density at radius 1 is 1.26 bits per heavy atom. The first kappa shape index (κ1) is 20.0. The van der Waals surface area contributed by atoms with Crippen molar-refractivity contribution >= 4 is 37.5 Å². The molecule has 0 bridgehead atoms. The molecule has 0 spiro atoms. The Kier molecular flexibility index (Phi) is 5.73. The van der Waals surface area contributed by atoms with Gasteiger partial charge >= 0.3 is 0 Å². The minimum absolute atomic E-state index is 0.0832. The number of nitrogens with zero attached hydrogens (tertiary/aromatic N) is 2. The zero-order chi connectivity index (χ0) is 19.8. The highest BCUT2D eigenvalue weighted by atomic mass is 79.9. The van der Waals surface area contributed by atoms with Crippen molar-refractivity contribution in [3.63, 3.8) is 0 Å². The largest absolute Gasteiger partial charge is 0.360 e. The quantitative estimate of drug-likeness (QED) is 0.762. The molecular weight excluding hydrogens is 434 g/mol. The van der Waals surface area contributed by atoms with Crippen LogP contribution in [0.3, 0.4) is 0 Å². The van der Waals surface area contributed by atoms with Crippen LogP contribution in [-0.4, -0.2) is 36.9 Å². The molecule has 2 heterocycles. The van der Waals surface area contributed by atoms with Crippen molar-refractivity contribution in [3.05, 3.63) is 39.7 Å². The van der Waals surface area contributed by atoms with E-state index >= 15 is 0 Å². The number of piperidine rings is 1. The van der Waals surface area contributed by atoms with E-state index in [9.17, 15) is 13.2 Å². The number of aryl methyl sites for hydroxylation is 3. The SMILES string of the molecule is Cc1ccc(NC(=O)C2CCN(S(=O)(=O)c3c(C)noc3C)CC2)cc1Br. The van der Waals surface area contributed by atoms with Crippen molar-refractivity contribution in [3.8, 4) is 0 Å². The Morgan fingerprint density at radius 3 is 2.48 bits per heavy atom. The van der Waals surface area contributed by atoms with Crippen molar-refractivity contribution in [1.29, 1.82) is 0 Å². The summed E-state index contributed by atoms with van der Waals surface area (Å²) in [6.45, 7) is 5.77. The number of hydrogen-bond donors (Lipinski definition) is 1. The Labute approximate surface area is 167 Å². The lowest BCUT2D eigenvalue weighted by atomic mass is 9.97. The van der Waals surface area contributed by atoms with Crippen LogP contribution in [0.4, 0.5) is 5.69 Å². The number of rotatable bonds is 4. The maximum Gasteiger partial charge on any atom is 0.248 e. The first-order chi connectivity index (χ1) is 12.7. The van der Waals surface area contributed by atoms with Gasteiger partial charge in [0.25, 0.3) is 0 Å². The normalized spacial score (nSPS) is 16.4. The fourth-order valence-corrected chi connectivity index (χ4v) is 5.38. The molecule has 1 fully saturated rings. The highest BCUT2D eigenvalue weighted by molar-refractivity contribution is 9.10. The van der Waals surface area contributed by atoms with Crippen LogP contribution in [0.15, 0.2) is 32.1 Å². The van der Waals surface area contributed by atoms with Crippen LogP contribution in [0.25, 0.3) is 0 Å². The third kappa shape index (κ3) is 4.09. The van der Waals surface area contributed by atoms with Crippen LogP contribution in [0.1, 0.15) is 29.9 Å². The van der Waals surface area contributed by atoms with Crippen LogP contribution in [0.2, 0.25) is 0 Å². The zero-order valence-corrected chi connectivity index (χ0v) is 17.9. The zero-order valence-electron chi connectivity index (χ0n) is 15.5. The molecule has 7 nitrogen and oxygen atoms in total. The summed E-state index contributed by atoms with van der Waals surface area (Å²) < 4.78 is 33.0. The van der Waals surface area contributed by atoms with Gasteiger partial charge in [0.1, 0.15) is 10.6 Å². The number of hydrogen-bond acceptors (Lipinski definition) is 5. The maximum atomic E-state index is 12.8. The van der Waals surface area contributed by atoms with E-state index < -0.39 is 10.0 Å². The molecule has 1 saturated heterocycles. The van der Waals surface area contributed by atoms with Gasteiger partial charge in [-0.3, -0.25) is 4.79 Å². The Morgan fingerprint density at radius 2 is 1.93 bits per heavy atom. The summed E-state index contributed by atoms with van der Waals surface area (Å²) >= 11 is 3.45. The minimum Gasteiger partial charge on any atom is -0.360 e. The summed E-state index contributed by atoms with van der Waals surface area (Å²) in [6.07, 6.45) is 0.947. The van der Waals surface area contributed by atoms with Gasteiger partial charge < -0.3 is 9.84 Å². The number of amides is 1. The van der Waals surface area contributed by atoms with E-state index in [-0.39, 0.29) is 22.5 Å². The molecule has 1 amide bonds. The highest BCUT2D eigenvalue weighted by Crippen LogP contribution is 2.28. The molecule has 3 rings (SSSR count). The molecule has 1 aromatic heterocycles. The van der Waals surface area contributed by atoms with Crippen LogP contribution in [0.5, 0.6) is 0 Å². The molecule has 1 aliphatic rings.